The first-order chi connectivity index (χ1) is 8.79. The zero-order valence-electron chi connectivity index (χ0n) is 10.5. The van der Waals surface area contributed by atoms with Crippen LogP contribution in [0.3, 0.4) is 0 Å². The summed E-state index contributed by atoms with van der Waals surface area (Å²) in [5.74, 6) is 1.51. The lowest BCUT2D eigenvalue weighted by atomic mass is 10.0. The molecule has 0 bridgehead atoms. The van der Waals surface area contributed by atoms with Gasteiger partial charge in [-0.1, -0.05) is 13.0 Å². The van der Waals surface area contributed by atoms with Crippen molar-refractivity contribution in [1.29, 1.82) is 0 Å². The van der Waals surface area contributed by atoms with Crippen LogP contribution in [-0.2, 0) is 0 Å². The first kappa shape index (κ1) is 11.3. The van der Waals surface area contributed by atoms with Crippen LogP contribution in [0.2, 0.25) is 0 Å². The summed E-state index contributed by atoms with van der Waals surface area (Å²) in [6, 6.07) is 5.80. The number of aromatic nitrogens is 2. The van der Waals surface area contributed by atoms with E-state index >= 15 is 0 Å². The topological polar surface area (TPSA) is 37.6 Å². The fraction of sp³-hybridized carbons (Fsp3) is 0.429. The highest BCUT2D eigenvalue weighted by molar-refractivity contribution is 5.83. The summed E-state index contributed by atoms with van der Waals surface area (Å²) in [7, 11) is 0. The Kier molecular flexibility index (Phi) is 2.78. The summed E-state index contributed by atoms with van der Waals surface area (Å²) in [4.78, 5) is 18.2. The van der Waals surface area contributed by atoms with E-state index in [2.05, 4.69) is 16.8 Å². The number of carbonyl (C=O) groups is 1. The van der Waals surface area contributed by atoms with Crippen molar-refractivity contribution < 1.29 is 4.79 Å². The Hall–Kier alpha value is -1.84. The van der Waals surface area contributed by atoms with Gasteiger partial charge < -0.3 is 4.90 Å². The lowest BCUT2D eigenvalue weighted by Crippen LogP contribution is -2.35. The second-order valence-corrected chi connectivity index (χ2v) is 5.06. The molecule has 0 aromatic carbocycles. The van der Waals surface area contributed by atoms with E-state index in [-0.39, 0.29) is 0 Å². The number of nitrogens with zero attached hydrogens (tertiary/aromatic N) is 3. The number of pyridine rings is 1. The molecule has 0 N–H and O–H groups in total. The number of piperidine rings is 1. The maximum atomic E-state index is 11.3. The van der Waals surface area contributed by atoms with Gasteiger partial charge in [0, 0.05) is 19.3 Å². The quantitative estimate of drug-likeness (QED) is 0.760. The van der Waals surface area contributed by atoms with Crippen LogP contribution in [0.1, 0.15) is 30.3 Å². The van der Waals surface area contributed by atoms with Crippen LogP contribution < -0.4 is 4.90 Å². The molecule has 0 aliphatic carbocycles. The van der Waals surface area contributed by atoms with Crippen molar-refractivity contribution in [3.05, 3.63) is 30.1 Å². The average Bonchev–Trinajstić information content (AvgIpc) is 2.77. The van der Waals surface area contributed by atoms with Gasteiger partial charge in [0.25, 0.3) is 0 Å². The highest BCUT2D eigenvalue weighted by Gasteiger charge is 2.22. The normalized spacial score (nSPS) is 20.3. The van der Waals surface area contributed by atoms with Crippen molar-refractivity contribution in [3.8, 4) is 0 Å². The molecule has 0 amide bonds. The van der Waals surface area contributed by atoms with Gasteiger partial charge in [-0.15, -0.1) is 0 Å². The molecule has 4 heteroatoms. The predicted molar refractivity (Wildman–Crippen MR) is 71.2 cm³/mol. The highest BCUT2D eigenvalue weighted by Crippen LogP contribution is 2.25. The molecule has 3 heterocycles. The molecule has 0 saturated carbocycles. The molecule has 0 spiro atoms. The molecule has 2 aromatic heterocycles. The van der Waals surface area contributed by atoms with Crippen molar-refractivity contribution in [2.75, 3.05) is 18.0 Å². The summed E-state index contributed by atoms with van der Waals surface area (Å²) in [6.07, 6.45) is 5.24. The van der Waals surface area contributed by atoms with Crippen LogP contribution in [0, 0.1) is 5.92 Å². The molecule has 4 nitrogen and oxygen atoms in total. The molecule has 0 radical (unpaired) electrons. The van der Waals surface area contributed by atoms with Crippen LogP contribution in [0.5, 0.6) is 0 Å². The van der Waals surface area contributed by atoms with E-state index < -0.39 is 0 Å². The van der Waals surface area contributed by atoms with Crippen molar-refractivity contribution >= 4 is 17.8 Å². The fourth-order valence-electron chi connectivity index (χ4n) is 2.73. The maximum Gasteiger partial charge on any atom is 0.170 e. The van der Waals surface area contributed by atoms with E-state index in [0.717, 1.165) is 30.8 Å². The Morgan fingerprint density at radius 2 is 2.33 bits per heavy atom. The Balaban J connectivity index is 2.07. The number of hydrogen-bond donors (Lipinski definition) is 0. The van der Waals surface area contributed by atoms with Gasteiger partial charge >= 0.3 is 0 Å². The standard InChI is InChI=1S/C14H17N3O/c1-11-5-4-7-16(9-11)14-12(10-18)17-8-3-2-6-13(17)15-14/h2-3,6,8,10-11H,4-5,7,9H2,1H3. The number of anilines is 1. The third-order valence-electron chi connectivity index (χ3n) is 3.62. The lowest BCUT2D eigenvalue weighted by molar-refractivity contribution is 0.111. The summed E-state index contributed by atoms with van der Waals surface area (Å²) >= 11 is 0. The monoisotopic (exact) mass is 243 g/mol. The van der Waals surface area contributed by atoms with Crippen LogP contribution >= 0.6 is 0 Å². The molecule has 1 unspecified atom stereocenters. The average molecular weight is 243 g/mol. The summed E-state index contributed by atoms with van der Waals surface area (Å²) in [6.45, 7) is 4.24. The van der Waals surface area contributed by atoms with Gasteiger partial charge in [0.2, 0.25) is 0 Å². The molecule has 3 rings (SSSR count). The Morgan fingerprint density at radius 1 is 1.44 bits per heavy atom. The number of aldehydes is 1. The van der Waals surface area contributed by atoms with Crippen molar-refractivity contribution in [1.82, 2.24) is 9.38 Å². The van der Waals surface area contributed by atoms with Crippen LogP contribution in [-0.4, -0.2) is 28.8 Å². The van der Waals surface area contributed by atoms with Crippen molar-refractivity contribution in [2.45, 2.75) is 19.8 Å². The van der Waals surface area contributed by atoms with E-state index in [0.29, 0.717) is 11.6 Å². The minimum absolute atomic E-state index is 0.666. The smallest absolute Gasteiger partial charge is 0.170 e. The van der Waals surface area contributed by atoms with Gasteiger partial charge in [0.15, 0.2) is 12.1 Å². The zero-order chi connectivity index (χ0) is 12.5. The van der Waals surface area contributed by atoms with Crippen LogP contribution in [0.15, 0.2) is 24.4 Å². The van der Waals surface area contributed by atoms with Crippen LogP contribution in [0.4, 0.5) is 5.82 Å². The minimum Gasteiger partial charge on any atom is -0.354 e. The van der Waals surface area contributed by atoms with Gasteiger partial charge in [-0.05, 0) is 30.9 Å². The molecule has 1 saturated heterocycles. The number of fused-ring (bicyclic) bond motifs is 1. The third-order valence-corrected chi connectivity index (χ3v) is 3.62. The van der Waals surface area contributed by atoms with Gasteiger partial charge in [0.05, 0.1) is 0 Å². The van der Waals surface area contributed by atoms with Crippen molar-refractivity contribution in [2.24, 2.45) is 5.92 Å². The van der Waals surface area contributed by atoms with Crippen molar-refractivity contribution in [3.63, 3.8) is 0 Å². The summed E-state index contributed by atoms with van der Waals surface area (Å²) in [5.41, 5.74) is 1.51. The number of imidazole rings is 1. The molecular formula is C14H17N3O. The SMILES string of the molecule is CC1CCCN(c2nc3ccccn3c2C=O)C1. The number of carbonyl (C=O) groups excluding carboxylic acids is 1. The molecule has 1 aliphatic rings. The number of rotatable bonds is 2. The summed E-state index contributed by atoms with van der Waals surface area (Å²) in [5, 5.41) is 0. The Morgan fingerprint density at radius 3 is 3.11 bits per heavy atom. The van der Waals surface area contributed by atoms with E-state index in [9.17, 15) is 4.79 Å². The first-order valence-corrected chi connectivity index (χ1v) is 6.47. The highest BCUT2D eigenvalue weighted by atomic mass is 16.1. The molecule has 1 atom stereocenters. The van der Waals surface area contributed by atoms with E-state index in [1.165, 1.54) is 12.8 Å². The third kappa shape index (κ3) is 1.78. The molecule has 94 valence electrons. The molecule has 1 fully saturated rings. The second-order valence-electron chi connectivity index (χ2n) is 5.06. The van der Waals surface area contributed by atoms with Crippen LogP contribution in [0.25, 0.3) is 5.65 Å². The lowest BCUT2D eigenvalue weighted by Gasteiger charge is -2.31. The van der Waals surface area contributed by atoms with Gasteiger partial charge in [0.1, 0.15) is 11.3 Å². The predicted octanol–water partition coefficient (Wildman–Crippen LogP) is 2.38. The molecule has 18 heavy (non-hydrogen) atoms. The van der Waals surface area contributed by atoms with Gasteiger partial charge in [-0.3, -0.25) is 9.20 Å². The Labute approximate surface area is 106 Å². The largest absolute Gasteiger partial charge is 0.354 e. The first-order valence-electron chi connectivity index (χ1n) is 6.47. The minimum atomic E-state index is 0.666. The number of hydrogen-bond acceptors (Lipinski definition) is 3. The maximum absolute atomic E-state index is 11.3. The zero-order valence-corrected chi connectivity index (χ0v) is 10.5. The second kappa shape index (κ2) is 4.44. The Bertz CT molecular complexity index is 575. The van der Waals surface area contributed by atoms with E-state index in [4.69, 9.17) is 0 Å². The molecule has 2 aromatic rings. The fourth-order valence-corrected chi connectivity index (χ4v) is 2.73. The van der Waals surface area contributed by atoms with E-state index in [1.54, 1.807) is 0 Å². The summed E-state index contributed by atoms with van der Waals surface area (Å²) < 4.78 is 1.86. The van der Waals surface area contributed by atoms with Gasteiger partial charge in [-0.25, -0.2) is 4.98 Å². The molecular weight excluding hydrogens is 226 g/mol. The van der Waals surface area contributed by atoms with Gasteiger partial charge in [-0.2, -0.15) is 0 Å². The van der Waals surface area contributed by atoms with E-state index in [1.807, 2.05) is 28.8 Å². The molecule has 1 aliphatic heterocycles.